The molecule has 18 heavy (non-hydrogen) atoms. The molecule has 5 nitrogen and oxygen atoms in total. The van der Waals surface area contributed by atoms with E-state index in [9.17, 15) is 9.59 Å². The number of hydrogen-bond acceptors (Lipinski definition) is 5. The van der Waals surface area contributed by atoms with E-state index in [-0.39, 0.29) is 17.8 Å². The summed E-state index contributed by atoms with van der Waals surface area (Å²) < 4.78 is 4.74. The van der Waals surface area contributed by atoms with Gasteiger partial charge in [-0.25, -0.2) is 4.98 Å². The van der Waals surface area contributed by atoms with E-state index in [0.29, 0.717) is 18.8 Å². The number of carbonyl (C=O) groups excluding carboxylic acids is 2. The number of carbonyl (C=O) groups is 2. The summed E-state index contributed by atoms with van der Waals surface area (Å²) in [6.45, 7) is 2.99. The van der Waals surface area contributed by atoms with Crippen LogP contribution in [0.3, 0.4) is 0 Å². The lowest BCUT2D eigenvalue weighted by Crippen LogP contribution is -2.42. The number of nitrogens with zero attached hydrogens (tertiary/aromatic N) is 2. The Kier molecular flexibility index (Phi) is 3.96. The highest BCUT2D eigenvalue weighted by Crippen LogP contribution is 2.20. The zero-order chi connectivity index (χ0) is 13.1. The van der Waals surface area contributed by atoms with Crippen LogP contribution in [0.15, 0.2) is 5.38 Å². The molecule has 0 spiro atoms. The number of piperidine rings is 1. The van der Waals surface area contributed by atoms with E-state index in [4.69, 9.17) is 4.74 Å². The second kappa shape index (κ2) is 5.48. The van der Waals surface area contributed by atoms with Crippen LogP contribution in [-0.4, -0.2) is 42.0 Å². The highest BCUT2D eigenvalue weighted by molar-refractivity contribution is 7.09. The largest absolute Gasteiger partial charge is 0.469 e. The average molecular weight is 268 g/mol. The van der Waals surface area contributed by atoms with Crippen LogP contribution in [0.1, 0.15) is 28.3 Å². The van der Waals surface area contributed by atoms with E-state index in [0.717, 1.165) is 17.8 Å². The molecule has 2 heterocycles. The van der Waals surface area contributed by atoms with E-state index >= 15 is 0 Å². The fourth-order valence-corrected chi connectivity index (χ4v) is 2.73. The van der Waals surface area contributed by atoms with E-state index in [2.05, 4.69) is 4.98 Å². The van der Waals surface area contributed by atoms with Crippen molar-refractivity contribution in [2.24, 2.45) is 5.92 Å². The number of hydrogen-bond donors (Lipinski definition) is 0. The maximum atomic E-state index is 12.2. The Labute approximate surface area is 110 Å². The molecule has 0 radical (unpaired) electrons. The van der Waals surface area contributed by atoms with Gasteiger partial charge in [0.15, 0.2) is 0 Å². The summed E-state index contributed by atoms with van der Waals surface area (Å²) in [5.74, 6) is -0.526. The molecule has 1 aromatic rings. The van der Waals surface area contributed by atoms with Gasteiger partial charge in [-0.15, -0.1) is 11.3 Å². The van der Waals surface area contributed by atoms with Gasteiger partial charge in [0.25, 0.3) is 5.91 Å². The summed E-state index contributed by atoms with van der Waals surface area (Å²) >= 11 is 1.46. The zero-order valence-corrected chi connectivity index (χ0v) is 11.3. The Morgan fingerprint density at radius 1 is 1.56 bits per heavy atom. The molecule has 0 aromatic carbocycles. The zero-order valence-electron chi connectivity index (χ0n) is 10.5. The van der Waals surface area contributed by atoms with Gasteiger partial charge in [0.1, 0.15) is 5.69 Å². The van der Waals surface area contributed by atoms with Gasteiger partial charge in [-0.1, -0.05) is 0 Å². The van der Waals surface area contributed by atoms with E-state index < -0.39 is 0 Å². The summed E-state index contributed by atoms with van der Waals surface area (Å²) in [5.41, 5.74) is 0.475. The lowest BCUT2D eigenvalue weighted by atomic mass is 9.98. The van der Waals surface area contributed by atoms with Gasteiger partial charge < -0.3 is 9.64 Å². The van der Waals surface area contributed by atoms with Crippen molar-refractivity contribution < 1.29 is 14.3 Å². The van der Waals surface area contributed by atoms with Crippen molar-refractivity contribution >= 4 is 23.2 Å². The van der Waals surface area contributed by atoms with E-state index in [1.165, 1.54) is 18.4 Å². The fraction of sp³-hybridized carbons (Fsp3) is 0.583. The quantitative estimate of drug-likeness (QED) is 0.762. The molecule has 1 aromatic heterocycles. The number of thiazole rings is 1. The number of amides is 1. The Morgan fingerprint density at radius 2 is 2.33 bits per heavy atom. The van der Waals surface area contributed by atoms with Crippen LogP contribution in [0.25, 0.3) is 0 Å². The van der Waals surface area contributed by atoms with Gasteiger partial charge in [-0.05, 0) is 19.8 Å². The molecule has 0 saturated carbocycles. The molecule has 0 bridgehead atoms. The van der Waals surface area contributed by atoms with Crippen LogP contribution in [0.4, 0.5) is 0 Å². The fourth-order valence-electron chi connectivity index (χ4n) is 2.14. The lowest BCUT2D eigenvalue weighted by Gasteiger charge is -2.30. The number of aryl methyl sites for hydroxylation is 1. The van der Waals surface area contributed by atoms with Crippen molar-refractivity contribution in [3.63, 3.8) is 0 Å². The topological polar surface area (TPSA) is 59.5 Å². The van der Waals surface area contributed by atoms with Crippen LogP contribution in [0, 0.1) is 12.8 Å². The summed E-state index contributed by atoms with van der Waals surface area (Å²) in [4.78, 5) is 29.6. The molecule has 2 rings (SSSR count). The summed E-state index contributed by atoms with van der Waals surface area (Å²) in [6, 6.07) is 0. The number of aromatic nitrogens is 1. The van der Waals surface area contributed by atoms with Crippen molar-refractivity contribution in [3.8, 4) is 0 Å². The Bertz CT molecular complexity index is 458. The average Bonchev–Trinajstić information content (AvgIpc) is 2.83. The number of likely N-dealkylation sites (tertiary alicyclic amines) is 1. The maximum Gasteiger partial charge on any atom is 0.310 e. The third kappa shape index (κ3) is 2.69. The molecule has 1 aliphatic rings. The molecule has 1 fully saturated rings. The summed E-state index contributed by atoms with van der Waals surface area (Å²) in [7, 11) is 1.38. The van der Waals surface area contributed by atoms with Crippen LogP contribution < -0.4 is 0 Å². The molecule has 1 atom stereocenters. The minimum absolute atomic E-state index is 0.0899. The molecule has 1 aliphatic heterocycles. The molecule has 98 valence electrons. The molecule has 1 amide bonds. The first-order valence-electron chi connectivity index (χ1n) is 5.91. The first kappa shape index (κ1) is 13.0. The van der Waals surface area contributed by atoms with Gasteiger partial charge in [-0.2, -0.15) is 0 Å². The van der Waals surface area contributed by atoms with Crippen molar-refractivity contribution in [1.82, 2.24) is 9.88 Å². The molecule has 0 N–H and O–H groups in total. The van der Waals surface area contributed by atoms with Crippen LogP contribution in [-0.2, 0) is 9.53 Å². The molecule has 6 heteroatoms. The van der Waals surface area contributed by atoms with Crippen molar-refractivity contribution in [1.29, 1.82) is 0 Å². The third-order valence-electron chi connectivity index (χ3n) is 3.08. The SMILES string of the molecule is COC(=O)[C@H]1CCCN(C(=O)c2csc(C)n2)C1. The van der Waals surface area contributed by atoms with Crippen molar-refractivity contribution in [3.05, 3.63) is 16.1 Å². The third-order valence-corrected chi connectivity index (χ3v) is 3.85. The maximum absolute atomic E-state index is 12.2. The first-order valence-corrected chi connectivity index (χ1v) is 6.79. The molecular weight excluding hydrogens is 252 g/mol. The molecular formula is C12H16N2O3S. The molecule has 1 saturated heterocycles. The smallest absolute Gasteiger partial charge is 0.310 e. The van der Waals surface area contributed by atoms with Gasteiger partial charge in [0, 0.05) is 18.5 Å². The van der Waals surface area contributed by atoms with Gasteiger partial charge in [-0.3, -0.25) is 9.59 Å². The number of esters is 1. The normalized spacial score (nSPS) is 19.7. The minimum atomic E-state index is -0.234. The first-order chi connectivity index (χ1) is 8.61. The number of methoxy groups -OCH3 is 1. The van der Waals surface area contributed by atoms with Crippen molar-refractivity contribution in [2.75, 3.05) is 20.2 Å². The highest BCUT2D eigenvalue weighted by atomic mass is 32.1. The predicted molar refractivity (Wildman–Crippen MR) is 67.5 cm³/mol. The Hall–Kier alpha value is -1.43. The Morgan fingerprint density at radius 3 is 2.94 bits per heavy atom. The lowest BCUT2D eigenvalue weighted by molar-refractivity contribution is -0.146. The summed E-state index contributed by atoms with van der Waals surface area (Å²) in [6.07, 6.45) is 1.61. The van der Waals surface area contributed by atoms with Crippen LogP contribution in [0.2, 0.25) is 0 Å². The second-order valence-electron chi connectivity index (χ2n) is 4.37. The van der Waals surface area contributed by atoms with Gasteiger partial charge >= 0.3 is 5.97 Å². The number of ether oxygens (including phenoxy) is 1. The van der Waals surface area contributed by atoms with Crippen LogP contribution >= 0.6 is 11.3 Å². The summed E-state index contributed by atoms with van der Waals surface area (Å²) in [5, 5.41) is 2.64. The highest BCUT2D eigenvalue weighted by Gasteiger charge is 2.30. The predicted octanol–water partition coefficient (Wildman–Crippen LogP) is 1.48. The van der Waals surface area contributed by atoms with Gasteiger partial charge in [0.2, 0.25) is 0 Å². The standard InChI is InChI=1S/C12H16N2O3S/c1-8-13-10(7-18-8)11(15)14-5-3-4-9(6-14)12(16)17-2/h7,9H,3-6H2,1-2H3/t9-/m0/s1. The van der Waals surface area contributed by atoms with E-state index in [1.54, 1.807) is 10.3 Å². The second-order valence-corrected chi connectivity index (χ2v) is 5.43. The van der Waals surface area contributed by atoms with Gasteiger partial charge in [0.05, 0.1) is 18.0 Å². The van der Waals surface area contributed by atoms with Crippen LogP contribution in [0.5, 0.6) is 0 Å². The van der Waals surface area contributed by atoms with E-state index in [1.807, 2.05) is 6.92 Å². The van der Waals surface area contributed by atoms with Crippen molar-refractivity contribution in [2.45, 2.75) is 19.8 Å². The molecule has 0 unspecified atom stereocenters. The Balaban J connectivity index is 2.05. The monoisotopic (exact) mass is 268 g/mol. The number of rotatable bonds is 2. The molecule has 0 aliphatic carbocycles. The minimum Gasteiger partial charge on any atom is -0.469 e.